The fourth-order valence-corrected chi connectivity index (χ4v) is 2.06. The van der Waals surface area contributed by atoms with Crippen LogP contribution < -0.4 is 5.73 Å². The van der Waals surface area contributed by atoms with E-state index >= 15 is 0 Å². The molecule has 2 aromatic heterocycles. The first kappa shape index (κ1) is 12.5. The maximum Gasteiger partial charge on any atom is 0.230 e. The molecule has 3 rings (SSSR count). The van der Waals surface area contributed by atoms with E-state index in [1.165, 1.54) is 12.1 Å². The molecule has 0 fully saturated rings. The zero-order chi connectivity index (χ0) is 14.1. The third-order valence-electron chi connectivity index (χ3n) is 3.09. The summed E-state index contributed by atoms with van der Waals surface area (Å²) >= 11 is 0. The molecule has 0 saturated carbocycles. The topological polar surface area (TPSA) is 65.2 Å². The summed E-state index contributed by atoms with van der Waals surface area (Å²) in [5.74, 6) is 1.31. The van der Waals surface area contributed by atoms with Gasteiger partial charge in [-0.25, -0.2) is 4.39 Å². The van der Waals surface area contributed by atoms with E-state index in [1.807, 2.05) is 19.1 Å². The van der Waals surface area contributed by atoms with Crippen LogP contribution in [0.15, 0.2) is 45.3 Å². The van der Waals surface area contributed by atoms with E-state index in [1.54, 1.807) is 12.1 Å². The SMILES string of the molecule is CCc1ccc(-c2noc(N)c2-c2ccc(F)cc2)o1. The Hall–Kier alpha value is -2.56. The number of halogens is 1. The van der Waals surface area contributed by atoms with E-state index in [-0.39, 0.29) is 11.7 Å². The van der Waals surface area contributed by atoms with E-state index in [9.17, 15) is 4.39 Å². The van der Waals surface area contributed by atoms with Crippen molar-refractivity contribution in [2.75, 3.05) is 5.73 Å². The molecule has 0 bridgehead atoms. The van der Waals surface area contributed by atoms with E-state index in [0.29, 0.717) is 17.0 Å². The van der Waals surface area contributed by atoms with Crippen molar-refractivity contribution in [3.05, 3.63) is 48.0 Å². The predicted molar refractivity (Wildman–Crippen MR) is 73.4 cm³/mol. The highest BCUT2D eigenvalue weighted by Crippen LogP contribution is 2.36. The minimum atomic E-state index is -0.309. The molecule has 0 spiro atoms. The van der Waals surface area contributed by atoms with Gasteiger partial charge in [0.15, 0.2) is 11.5 Å². The summed E-state index contributed by atoms with van der Waals surface area (Å²) in [6, 6.07) is 9.70. The Bertz CT molecular complexity index is 729. The number of aromatic nitrogens is 1. The maximum atomic E-state index is 13.0. The molecule has 0 saturated heterocycles. The molecule has 20 heavy (non-hydrogen) atoms. The summed E-state index contributed by atoms with van der Waals surface area (Å²) < 4.78 is 23.7. The Kier molecular flexibility index (Phi) is 3.02. The molecular formula is C15H13FN2O2. The van der Waals surface area contributed by atoms with Crippen LogP contribution in [-0.4, -0.2) is 5.16 Å². The van der Waals surface area contributed by atoms with Gasteiger partial charge < -0.3 is 14.7 Å². The molecule has 2 N–H and O–H groups in total. The second-order valence-electron chi connectivity index (χ2n) is 4.40. The second-order valence-corrected chi connectivity index (χ2v) is 4.40. The van der Waals surface area contributed by atoms with Crippen molar-refractivity contribution >= 4 is 5.88 Å². The van der Waals surface area contributed by atoms with Gasteiger partial charge in [-0.05, 0) is 29.8 Å². The summed E-state index contributed by atoms with van der Waals surface area (Å²) in [6.07, 6.45) is 0.791. The highest BCUT2D eigenvalue weighted by Gasteiger charge is 2.20. The van der Waals surface area contributed by atoms with Crippen LogP contribution in [0.5, 0.6) is 0 Å². The number of anilines is 1. The maximum absolute atomic E-state index is 13.0. The molecule has 0 aliphatic carbocycles. The van der Waals surface area contributed by atoms with E-state index in [0.717, 1.165) is 17.7 Å². The number of hydrogen-bond acceptors (Lipinski definition) is 4. The molecule has 0 atom stereocenters. The third kappa shape index (κ3) is 2.07. The number of rotatable bonds is 3. The molecule has 4 nitrogen and oxygen atoms in total. The average molecular weight is 272 g/mol. The van der Waals surface area contributed by atoms with Gasteiger partial charge in [0.25, 0.3) is 0 Å². The van der Waals surface area contributed by atoms with Crippen molar-refractivity contribution in [3.63, 3.8) is 0 Å². The Morgan fingerprint density at radius 2 is 1.90 bits per heavy atom. The Morgan fingerprint density at radius 3 is 2.55 bits per heavy atom. The first-order chi connectivity index (χ1) is 9.69. The average Bonchev–Trinajstić information content (AvgIpc) is 3.06. The first-order valence-electron chi connectivity index (χ1n) is 6.29. The van der Waals surface area contributed by atoms with Gasteiger partial charge in [-0.2, -0.15) is 0 Å². The fraction of sp³-hybridized carbons (Fsp3) is 0.133. The van der Waals surface area contributed by atoms with Crippen LogP contribution in [-0.2, 0) is 6.42 Å². The fourth-order valence-electron chi connectivity index (χ4n) is 2.06. The number of nitrogens with two attached hydrogens (primary N) is 1. The van der Waals surface area contributed by atoms with Gasteiger partial charge in [-0.15, -0.1) is 0 Å². The number of aryl methyl sites for hydroxylation is 1. The molecule has 5 heteroatoms. The van der Waals surface area contributed by atoms with Crippen molar-refractivity contribution in [1.82, 2.24) is 5.16 Å². The lowest BCUT2D eigenvalue weighted by Gasteiger charge is -2.00. The molecule has 0 unspecified atom stereocenters. The molecule has 3 aromatic rings. The highest BCUT2D eigenvalue weighted by molar-refractivity contribution is 5.85. The summed E-state index contributed by atoms with van der Waals surface area (Å²) in [5, 5.41) is 3.94. The molecule has 2 heterocycles. The summed E-state index contributed by atoms with van der Waals surface area (Å²) in [5.41, 5.74) is 7.69. The second kappa shape index (κ2) is 4.85. The van der Waals surface area contributed by atoms with Crippen LogP contribution in [0, 0.1) is 5.82 Å². The van der Waals surface area contributed by atoms with Crippen LogP contribution >= 0.6 is 0 Å². The molecule has 102 valence electrons. The van der Waals surface area contributed by atoms with Gasteiger partial charge in [0, 0.05) is 6.42 Å². The Labute approximate surface area is 115 Å². The van der Waals surface area contributed by atoms with E-state index in [4.69, 9.17) is 14.7 Å². The highest BCUT2D eigenvalue weighted by atomic mass is 19.1. The van der Waals surface area contributed by atoms with Crippen molar-refractivity contribution in [2.45, 2.75) is 13.3 Å². The van der Waals surface area contributed by atoms with Crippen LogP contribution in [0.1, 0.15) is 12.7 Å². The van der Waals surface area contributed by atoms with Crippen molar-refractivity contribution in [3.8, 4) is 22.6 Å². The van der Waals surface area contributed by atoms with Crippen LogP contribution in [0.4, 0.5) is 10.3 Å². The summed E-state index contributed by atoms with van der Waals surface area (Å²) in [4.78, 5) is 0. The van der Waals surface area contributed by atoms with Crippen molar-refractivity contribution < 1.29 is 13.3 Å². The van der Waals surface area contributed by atoms with E-state index < -0.39 is 0 Å². The zero-order valence-corrected chi connectivity index (χ0v) is 10.9. The lowest BCUT2D eigenvalue weighted by atomic mass is 10.0. The number of hydrogen-bond donors (Lipinski definition) is 1. The van der Waals surface area contributed by atoms with Gasteiger partial charge in [0.05, 0.1) is 5.56 Å². The van der Waals surface area contributed by atoms with Gasteiger partial charge in [0.2, 0.25) is 5.88 Å². The van der Waals surface area contributed by atoms with E-state index in [2.05, 4.69) is 5.16 Å². The summed E-state index contributed by atoms with van der Waals surface area (Å²) in [7, 11) is 0. The van der Waals surface area contributed by atoms with Crippen molar-refractivity contribution in [1.29, 1.82) is 0 Å². The largest absolute Gasteiger partial charge is 0.459 e. The normalized spacial score (nSPS) is 10.9. The number of furan rings is 1. The lowest BCUT2D eigenvalue weighted by molar-refractivity contribution is 0.434. The Balaban J connectivity index is 2.11. The number of benzene rings is 1. The van der Waals surface area contributed by atoms with Crippen molar-refractivity contribution in [2.24, 2.45) is 0 Å². The molecular weight excluding hydrogens is 259 g/mol. The standard InChI is InChI=1S/C15H13FN2O2/c1-2-11-7-8-12(19-11)14-13(15(17)20-18-14)9-3-5-10(16)6-4-9/h3-8H,2,17H2,1H3. The quantitative estimate of drug-likeness (QED) is 0.785. The number of nitrogens with zero attached hydrogens (tertiary/aromatic N) is 1. The monoisotopic (exact) mass is 272 g/mol. The minimum Gasteiger partial charge on any atom is -0.459 e. The molecule has 0 amide bonds. The molecule has 0 aliphatic rings. The van der Waals surface area contributed by atoms with Crippen LogP contribution in [0.25, 0.3) is 22.6 Å². The van der Waals surface area contributed by atoms with Gasteiger partial charge >= 0.3 is 0 Å². The smallest absolute Gasteiger partial charge is 0.230 e. The molecule has 1 aromatic carbocycles. The van der Waals surface area contributed by atoms with Gasteiger partial charge in [0.1, 0.15) is 11.6 Å². The lowest BCUT2D eigenvalue weighted by Crippen LogP contribution is -1.87. The van der Waals surface area contributed by atoms with Gasteiger partial charge in [-0.3, -0.25) is 0 Å². The number of nitrogen functional groups attached to an aromatic ring is 1. The minimum absolute atomic E-state index is 0.182. The first-order valence-corrected chi connectivity index (χ1v) is 6.29. The molecule has 0 aliphatic heterocycles. The van der Waals surface area contributed by atoms with Crippen LogP contribution in [0.3, 0.4) is 0 Å². The van der Waals surface area contributed by atoms with Gasteiger partial charge in [-0.1, -0.05) is 24.2 Å². The third-order valence-corrected chi connectivity index (χ3v) is 3.09. The molecule has 0 radical (unpaired) electrons. The Morgan fingerprint density at radius 1 is 1.15 bits per heavy atom. The zero-order valence-electron chi connectivity index (χ0n) is 10.9. The summed E-state index contributed by atoms with van der Waals surface area (Å²) in [6.45, 7) is 2.00. The van der Waals surface area contributed by atoms with Crippen LogP contribution in [0.2, 0.25) is 0 Å². The predicted octanol–water partition coefficient (Wildman–Crippen LogP) is 3.89.